The van der Waals surface area contributed by atoms with E-state index in [1.54, 1.807) is 6.07 Å². The van der Waals surface area contributed by atoms with Crippen LogP contribution in [0.4, 0.5) is 24.5 Å². The highest BCUT2D eigenvalue weighted by Gasteiger charge is 2.45. The molecule has 0 saturated carbocycles. The van der Waals surface area contributed by atoms with Gasteiger partial charge in [0, 0.05) is 36.3 Å². The van der Waals surface area contributed by atoms with Crippen LogP contribution in [0.15, 0.2) is 30.3 Å². The summed E-state index contributed by atoms with van der Waals surface area (Å²) in [4.78, 5) is 18.8. The Morgan fingerprint density at radius 3 is 2.44 bits per heavy atom. The molecular weight excluding hydrogens is 536 g/mol. The maximum atomic E-state index is 14.6. The number of piperazine rings is 1. The smallest absolute Gasteiger partial charge is 0.256 e. The molecule has 2 aromatic carbocycles. The van der Waals surface area contributed by atoms with Crippen molar-refractivity contribution in [2.24, 2.45) is 0 Å². The predicted octanol–water partition coefficient (Wildman–Crippen LogP) is 2.89. The molecule has 0 unspecified atom stereocenters. The largest absolute Gasteiger partial charge is 0.385 e. The number of halogens is 4. The Bertz CT molecular complexity index is 1020. The first kappa shape index (κ1) is 23.3. The summed E-state index contributed by atoms with van der Waals surface area (Å²) in [5, 5.41) is 13.3. The molecule has 2 aliphatic rings. The van der Waals surface area contributed by atoms with Gasteiger partial charge in [-0.1, -0.05) is 0 Å². The zero-order valence-corrected chi connectivity index (χ0v) is 19.7. The van der Waals surface area contributed by atoms with Crippen molar-refractivity contribution in [3.63, 3.8) is 0 Å². The van der Waals surface area contributed by atoms with E-state index in [0.29, 0.717) is 10.1 Å². The normalized spacial score (nSPS) is 19.0. The summed E-state index contributed by atoms with van der Waals surface area (Å²) in [5.74, 6) is -3.61. The van der Waals surface area contributed by atoms with Crippen molar-refractivity contribution in [1.82, 2.24) is 14.7 Å². The summed E-state index contributed by atoms with van der Waals surface area (Å²) in [5.41, 5.74) is -1.66. The molecular formula is C22H24F3IN4O2. The standard InChI is InChI=1S/C22H24F3IN4O2/c1-28-6-8-29(9-7-28)11-22(32)12-30(13-22)21(31)15-3-4-16(23)19(25)20(15)27-18-5-2-14(26)10-17(18)24/h2-5,10,27,32H,6-9,11-13H2,1H3. The number of hydrogen-bond acceptors (Lipinski definition) is 5. The third kappa shape index (κ3) is 4.87. The summed E-state index contributed by atoms with van der Waals surface area (Å²) >= 11 is 1.94. The van der Waals surface area contributed by atoms with Crippen molar-refractivity contribution < 1.29 is 23.1 Å². The van der Waals surface area contributed by atoms with Crippen LogP contribution in [0.2, 0.25) is 0 Å². The second-order valence-electron chi connectivity index (χ2n) is 8.50. The quantitative estimate of drug-likeness (QED) is 0.552. The second kappa shape index (κ2) is 9.16. The lowest BCUT2D eigenvalue weighted by atomic mass is 9.92. The van der Waals surface area contributed by atoms with Crippen molar-refractivity contribution in [2.45, 2.75) is 5.60 Å². The number of rotatable bonds is 5. The highest BCUT2D eigenvalue weighted by atomic mass is 127. The first-order chi connectivity index (χ1) is 15.1. The fraction of sp³-hybridized carbons (Fsp3) is 0.409. The summed E-state index contributed by atoms with van der Waals surface area (Å²) < 4.78 is 43.4. The third-order valence-electron chi connectivity index (χ3n) is 5.89. The first-order valence-corrected chi connectivity index (χ1v) is 11.4. The van der Waals surface area contributed by atoms with Crippen molar-refractivity contribution in [3.05, 3.63) is 56.9 Å². The highest BCUT2D eigenvalue weighted by molar-refractivity contribution is 14.1. The minimum atomic E-state index is -1.26. The topological polar surface area (TPSA) is 59.1 Å². The molecule has 32 heavy (non-hydrogen) atoms. The number of carbonyl (C=O) groups is 1. The van der Waals surface area contributed by atoms with Crippen molar-refractivity contribution in [2.75, 3.05) is 58.2 Å². The fourth-order valence-corrected chi connectivity index (χ4v) is 4.53. The minimum Gasteiger partial charge on any atom is -0.385 e. The molecule has 0 aliphatic carbocycles. The molecule has 0 aromatic heterocycles. The lowest BCUT2D eigenvalue weighted by Crippen LogP contribution is -2.68. The van der Waals surface area contributed by atoms with Gasteiger partial charge in [0.2, 0.25) is 0 Å². The molecule has 2 heterocycles. The Morgan fingerprint density at radius 1 is 1.09 bits per heavy atom. The van der Waals surface area contributed by atoms with Crippen molar-refractivity contribution in [3.8, 4) is 0 Å². The summed E-state index contributed by atoms with van der Waals surface area (Å²) in [6.07, 6.45) is 0. The van der Waals surface area contributed by atoms with Gasteiger partial charge in [-0.15, -0.1) is 0 Å². The molecule has 0 radical (unpaired) electrons. The SMILES string of the molecule is CN1CCN(CC2(O)CN(C(=O)c3ccc(F)c(F)c3Nc3ccc(I)cc3F)C2)CC1. The molecule has 172 valence electrons. The van der Waals surface area contributed by atoms with Crippen LogP contribution in [-0.4, -0.2) is 84.2 Å². The van der Waals surface area contributed by atoms with Crippen LogP contribution in [0.5, 0.6) is 0 Å². The number of nitrogens with zero attached hydrogens (tertiary/aromatic N) is 3. The predicted molar refractivity (Wildman–Crippen MR) is 124 cm³/mol. The molecule has 2 aliphatic heterocycles. The number of amides is 1. The van der Waals surface area contributed by atoms with E-state index in [4.69, 9.17) is 0 Å². The fourth-order valence-electron chi connectivity index (χ4n) is 4.08. The van der Waals surface area contributed by atoms with Crippen molar-refractivity contribution >= 4 is 39.9 Å². The van der Waals surface area contributed by atoms with Gasteiger partial charge in [0.1, 0.15) is 11.4 Å². The van der Waals surface area contributed by atoms with Crippen LogP contribution >= 0.6 is 22.6 Å². The Hall–Kier alpha value is -1.89. The number of likely N-dealkylation sites (tertiary alicyclic amines) is 1. The Morgan fingerprint density at radius 2 is 1.78 bits per heavy atom. The number of β-amino-alcohol motifs (C(OH)–C–C–N with tert-alkyl or cyclic N) is 1. The van der Waals surface area contributed by atoms with Gasteiger partial charge in [0.05, 0.1) is 30.0 Å². The second-order valence-corrected chi connectivity index (χ2v) is 9.74. The molecule has 4 rings (SSSR count). The monoisotopic (exact) mass is 560 g/mol. The molecule has 2 saturated heterocycles. The number of aliphatic hydroxyl groups is 1. The average Bonchev–Trinajstić information content (AvgIpc) is 2.72. The molecule has 6 nitrogen and oxygen atoms in total. The van der Waals surface area contributed by atoms with E-state index in [1.807, 2.05) is 29.6 Å². The molecule has 0 spiro atoms. The zero-order chi connectivity index (χ0) is 23.0. The molecule has 0 atom stereocenters. The number of hydrogen-bond donors (Lipinski definition) is 2. The van der Waals surface area contributed by atoms with Gasteiger partial charge < -0.3 is 20.2 Å². The van der Waals surface area contributed by atoms with Crippen molar-refractivity contribution in [1.29, 1.82) is 0 Å². The van der Waals surface area contributed by atoms with Gasteiger partial charge in [-0.05, 0) is 60.0 Å². The average molecular weight is 560 g/mol. The first-order valence-electron chi connectivity index (χ1n) is 10.3. The van der Waals surface area contributed by atoms with Crippen LogP contribution in [-0.2, 0) is 0 Å². The molecule has 0 bridgehead atoms. The zero-order valence-electron chi connectivity index (χ0n) is 17.5. The molecule has 1 amide bonds. The maximum absolute atomic E-state index is 14.6. The van der Waals surface area contributed by atoms with Gasteiger partial charge in [0.15, 0.2) is 11.6 Å². The van der Waals surface area contributed by atoms with E-state index in [9.17, 15) is 23.1 Å². The van der Waals surface area contributed by atoms with E-state index in [0.717, 1.165) is 32.2 Å². The Balaban J connectivity index is 1.49. The van der Waals surface area contributed by atoms with Gasteiger partial charge in [-0.2, -0.15) is 0 Å². The van der Waals surface area contributed by atoms with Crippen LogP contribution in [0.25, 0.3) is 0 Å². The van der Waals surface area contributed by atoms with E-state index in [2.05, 4.69) is 15.1 Å². The van der Waals surface area contributed by atoms with Gasteiger partial charge >= 0.3 is 0 Å². The summed E-state index contributed by atoms with van der Waals surface area (Å²) in [6.45, 7) is 4.14. The number of benzene rings is 2. The third-order valence-corrected chi connectivity index (χ3v) is 6.56. The van der Waals surface area contributed by atoms with Crippen LogP contribution in [0.3, 0.4) is 0 Å². The molecule has 2 fully saturated rings. The van der Waals surface area contributed by atoms with Gasteiger partial charge in [0.25, 0.3) is 5.91 Å². The summed E-state index contributed by atoms with van der Waals surface area (Å²) in [7, 11) is 2.05. The van der Waals surface area contributed by atoms with E-state index in [1.165, 1.54) is 23.1 Å². The van der Waals surface area contributed by atoms with E-state index in [-0.39, 0.29) is 24.3 Å². The summed E-state index contributed by atoms with van der Waals surface area (Å²) in [6, 6.07) is 6.29. The molecule has 2 N–H and O–H groups in total. The van der Waals surface area contributed by atoms with Crippen LogP contribution in [0.1, 0.15) is 10.4 Å². The maximum Gasteiger partial charge on any atom is 0.256 e. The Labute approximate surface area is 198 Å². The van der Waals surface area contributed by atoms with Crippen LogP contribution < -0.4 is 5.32 Å². The number of nitrogens with one attached hydrogen (secondary N) is 1. The number of likely N-dealkylation sites (N-methyl/N-ethyl adjacent to an activating group) is 1. The minimum absolute atomic E-state index is 0.0702. The molecule has 2 aromatic rings. The lowest BCUT2D eigenvalue weighted by Gasteiger charge is -2.49. The highest BCUT2D eigenvalue weighted by Crippen LogP contribution is 2.32. The Kier molecular flexibility index (Phi) is 6.66. The van der Waals surface area contributed by atoms with E-state index < -0.39 is 34.6 Å². The lowest BCUT2D eigenvalue weighted by molar-refractivity contribution is -0.101. The molecule has 10 heteroatoms. The number of anilines is 2. The van der Waals surface area contributed by atoms with Crippen LogP contribution in [0, 0.1) is 21.0 Å². The van der Waals surface area contributed by atoms with Gasteiger partial charge in [-0.25, -0.2) is 13.2 Å². The van der Waals surface area contributed by atoms with E-state index >= 15 is 0 Å². The van der Waals surface area contributed by atoms with Gasteiger partial charge in [-0.3, -0.25) is 9.69 Å². The number of carbonyl (C=O) groups excluding carboxylic acids is 1.